The lowest BCUT2D eigenvalue weighted by Gasteiger charge is -2.16. The lowest BCUT2D eigenvalue weighted by molar-refractivity contribution is -0.121. The molecular formula is C19H28N4O. The van der Waals surface area contributed by atoms with Crippen molar-refractivity contribution in [2.45, 2.75) is 39.7 Å². The highest BCUT2D eigenvalue weighted by Gasteiger charge is 2.15. The predicted octanol–water partition coefficient (Wildman–Crippen LogP) is 2.39. The Bertz CT molecular complexity index is 701. The minimum atomic E-state index is 0.0478. The Morgan fingerprint density at radius 2 is 1.88 bits per heavy atom. The number of hydrogen-bond donors (Lipinski definition) is 1. The van der Waals surface area contributed by atoms with Crippen LogP contribution in [-0.2, 0) is 24.7 Å². The number of nitrogens with one attached hydrogen (secondary N) is 1. The fraction of sp³-hybridized carbons (Fsp3) is 0.474. The molecule has 130 valence electrons. The average Bonchev–Trinajstić information content (AvgIpc) is 2.74. The third kappa shape index (κ3) is 4.37. The molecule has 24 heavy (non-hydrogen) atoms. The lowest BCUT2D eigenvalue weighted by Crippen LogP contribution is -2.35. The lowest BCUT2D eigenvalue weighted by atomic mass is 10.1. The summed E-state index contributed by atoms with van der Waals surface area (Å²) in [7, 11) is 5.96. The molecule has 0 aliphatic heterocycles. The standard InChI is InChI=1S/C19H28N4O/c1-13(11-16-7-9-17(10-8-16)22(4)5)20-19(24)12-18-14(2)21-23(6)15(18)3/h7-10,13H,11-12H2,1-6H3,(H,20,24)/t13-/m1/s1. The second kappa shape index (κ2) is 7.51. The van der Waals surface area contributed by atoms with Crippen molar-refractivity contribution in [3.05, 3.63) is 46.8 Å². The van der Waals surface area contributed by atoms with Crippen molar-refractivity contribution >= 4 is 11.6 Å². The Balaban J connectivity index is 1.91. The number of hydrogen-bond acceptors (Lipinski definition) is 3. The Morgan fingerprint density at radius 3 is 2.38 bits per heavy atom. The number of amides is 1. The van der Waals surface area contributed by atoms with Gasteiger partial charge >= 0.3 is 0 Å². The first-order chi connectivity index (χ1) is 11.3. The molecule has 0 fully saturated rings. The van der Waals surface area contributed by atoms with Gasteiger partial charge in [-0.15, -0.1) is 0 Å². The molecule has 0 unspecified atom stereocenters. The molecule has 0 aliphatic carbocycles. The molecule has 5 heteroatoms. The maximum absolute atomic E-state index is 12.3. The van der Waals surface area contributed by atoms with Crippen molar-refractivity contribution in [1.29, 1.82) is 0 Å². The largest absolute Gasteiger partial charge is 0.378 e. The number of benzene rings is 1. The zero-order valence-corrected chi connectivity index (χ0v) is 15.6. The predicted molar refractivity (Wildman–Crippen MR) is 98.5 cm³/mol. The molecular weight excluding hydrogens is 300 g/mol. The summed E-state index contributed by atoms with van der Waals surface area (Å²) in [5, 5.41) is 7.46. The highest BCUT2D eigenvalue weighted by molar-refractivity contribution is 5.79. The van der Waals surface area contributed by atoms with Crippen LogP contribution in [0.15, 0.2) is 24.3 Å². The van der Waals surface area contributed by atoms with Crippen LogP contribution in [0.25, 0.3) is 0 Å². The quantitative estimate of drug-likeness (QED) is 0.886. The van der Waals surface area contributed by atoms with Gasteiger partial charge in [0.1, 0.15) is 0 Å². The Labute approximate surface area is 144 Å². The number of carbonyl (C=O) groups is 1. The van der Waals surface area contributed by atoms with Gasteiger partial charge in [0.05, 0.1) is 12.1 Å². The molecule has 0 bridgehead atoms. The van der Waals surface area contributed by atoms with E-state index in [4.69, 9.17) is 0 Å². The van der Waals surface area contributed by atoms with E-state index in [0.717, 1.165) is 23.4 Å². The molecule has 5 nitrogen and oxygen atoms in total. The van der Waals surface area contributed by atoms with Crippen molar-refractivity contribution in [3.8, 4) is 0 Å². The summed E-state index contributed by atoms with van der Waals surface area (Å²) in [6.45, 7) is 5.99. The molecule has 1 amide bonds. The number of anilines is 1. The van der Waals surface area contributed by atoms with E-state index in [-0.39, 0.29) is 11.9 Å². The number of aryl methyl sites for hydroxylation is 2. The topological polar surface area (TPSA) is 50.2 Å². The Morgan fingerprint density at radius 1 is 1.25 bits per heavy atom. The maximum atomic E-state index is 12.3. The van der Waals surface area contributed by atoms with Gasteiger partial charge in [0.15, 0.2) is 0 Å². The molecule has 0 aliphatic rings. The third-order valence-electron chi connectivity index (χ3n) is 4.40. The first kappa shape index (κ1) is 18.0. The minimum Gasteiger partial charge on any atom is -0.378 e. The van der Waals surface area contributed by atoms with Gasteiger partial charge in [-0.1, -0.05) is 12.1 Å². The smallest absolute Gasteiger partial charge is 0.224 e. The van der Waals surface area contributed by atoms with Crippen LogP contribution in [0.3, 0.4) is 0 Å². The molecule has 0 saturated heterocycles. The normalized spacial score (nSPS) is 12.1. The molecule has 0 radical (unpaired) electrons. The molecule has 1 aromatic carbocycles. The second-order valence-electron chi connectivity index (χ2n) is 6.68. The third-order valence-corrected chi connectivity index (χ3v) is 4.40. The van der Waals surface area contributed by atoms with Crippen LogP contribution in [0.1, 0.15) is 29.4 Å². The number of rotatable bonds is 6. The second-order valence-corrected chi connectivity index (χ2v) is 6.68. The van der Waals surface area contributed by atoms with E-state index >= 15 is 0 Å². The zero-order valence-electron chi connectivity index (χ0n) is 15.6. The van der Waals surface area contributed by atoms with Gasteiger partial charge in [0.2, 0.25) is 5.91 Å². The first-order valence-electron chi connectivity index (χ1n) is 8.32. The maximum Gasteiger partial charge on any atom is 0.224 e. The van der Waals surface area contributed by atoms with Crippen molar-refractivity contribution in [1.82, 2.24) is 15.1 Å². The van der Waals surface area contributed by atoms with Crippen molar-refractivity contribution in [3.63, 3.8) is 0 Å². The van der Waals surface area contributed by atoms with Crippen LogP contribution in [-0.4, -0.2) is 35.8 Å². The van der Waals surface area contributed by atoms with E-state index in [1.807, 2.05) is 46.6 Å². The molecule has 2 rings (SSSR count). The summed E-state index contributed by atoms with van der Waals surface area (Å²) in [5.74, 6) is 0.0478. The summed E-state index contributed by atoms with van der Waals surface area (Å²) in [4.78, 5) is 14.4. The van der Waals surface area contributed by atoms with E-state index in [1.165, 1.54) is 11.3 Å². The van der Waals surface area contributed by atoms with Crippen LogP contribution < -0.4 is 10.2 Å². The summed E-state index contributed by atoms with van der Waals surface area (Å²) < 4.78 is 1.83. The van der Waals surface area contributed by atoms with Crippen molar-refractivity contribution in [2.24, 2.45) is 7.05 Å². The van der Waals surface area contributed by atoms with Gasteiger partial charge in [-0.2, -0.15) is 5.10 Å². The Hall–Kier alpha value is -2.30. The van der Waals surface area contributed by atoms with Gasteiger partial charge in [0, 0.05) is 44.1 Å². The molecule has 0 spiro atoms. The summed E-state index contributed by atoms with van der Waals surface area (Å²) in [6, 6.07) is 8.54. The van der Waals surface area contributed by atoms with E-state index in [9.17, 15) is 4.79 Å². The number of nitrogens with zero attached hydrogens (tertiary/aromatic N) is 3. The van der Waals surface area contributed by atoms with E-state index in [0.29, 0.717) is 6.42 Å². The number of aromatic nitrogens is 2. The van der Waals surface area contributed by atoms with Gasteiger partial charge in [0.25, 0.3) is 0 Å². The molecule has 2 aromatic rings. The SMILES string of the molecule is Cc1nn(C)c(C)c1CC(=O)N[C@H](C)Cc1ccc(N(C)C)cc1. The zero-order chi connectivity index (χ0) is 17.9. The van der Waals surface area contributed by atoms with E-state index in [2.05, 4.69) is 39.6 Å². The first-order valence-corrected chi connectivity index (χ1v) is 8.32. The van der Waals surface area contributed by atoms with E-state index in [1.54, 1.807) is 0 Å². The van der Waals surface area contributed by atoms with Crippen LogP contribution in [0.4, 0.5) is 5.69 Å². The van der Waals surface area contributed by atoms with Crippen molar-refractivity contribution in [2.75, 3.05) is 19.0 Å². The summed E-state index contributed by atoms with van der Waals surface area (Å²) in [5.41, 5.74) is 5.41. The molecule has 1 heterocycles. The van der Waals surface area contributed by atoms with Crippen LogP contribution in [0, 0.1) is 13.8 Å². The monoisotopic (exact) mass is 328 g/mol. The molecule has 1 atom stereocenters. The summed E-state index contributed by atoms with van der Waals surface area (Å²) >= 11 is 0. The number of carbonyl (C=O) groups excluding carboxylic acids is 1. The fourth-order valence-electron chi connectivity index (χ4n) is 2.89. The van der Waals surface area contributed by atoms with Crippen LogP contribution in [0.5, 0.6) is 0 Å². The molecule has 1 aromatic heterocycles. The fourth-order valence-corrected chi connectivity index (χ4v) is 2.89. The molecule has 0 saturated carbocycles. The average molecular weight is 328 g/mol. The van der Waals surface area contributed by atoms with Gasteiger partial charge in [-0.05, 0) is 44.9 Å². The molecule has 1 N–H and O–H groups in total. The highest BCUT2D eigenvalue weighted by Crippen LogP contribution is 2.14. The van der Waals surface area contributed by atoms with Crippen LogP contribution >= 0.6 is 0 Å². The van der Waals surface area contributed by atoms with E-state index < -0.39 is 0 Å². The summed E-state index contributed by atoms with van der Waals surface area (Å²) in [6.07, 6.45) is 1.21. The van der Waals surface area contributed by atoms with Gasteiger partial charge < -0.3 is 10.2 Å². The van der Waals surface area contributed by atoms with Crippen LogP contribution in [0.2, 0.25) is 0 Å². The highest BCUT2D eigenvalue weighted by atomic mass is 16.1. The minimum absolute atomic E-state index is 0.0478. The van der Waals surface area contributed by atoms with Crippen molar-refractivity contribution < 1.29 is 4.79 Å². The Kier molecular flexibility index (Phi) is 5.65. The van der Waals surface area contributed by atoms with Gasteiger partial charge in [-0.3, -0.25) is 9.48 Å². The van der Waals surface area contributed by atoms with Gasteiger partial charge in [-0.25, -0.2) is 0 Å².